The Labute approximate surface area is 109 Å². The van der Waals surface area contributed by atoms with E-state index in [9.17, 15) is 9.59 Å². The standard InChI is InChI=1S/C13H25N3O2/c1-9(12(18)15-13(2,3)4)16(5)8-11(17)14-10-6-7-10/h9-10H,6-8H2,1-5H3,(H,14,17)(H,15,18). The monoisotopic (exact) mass is 255 g/mol. The molecule has 5 nitrogen and oxygen atoms in total. The fourth-order valence-corrected chi connectivity index (χ4v) is 1.54. The van der Waals surface area contributed by atoms with Crippen LogP contribution in [-0.4, -0.2) is 47.9 Å². The molecular formula is C13H25N3O2. The van der Waals surface area contributed by atoms with E-state index < -0.39 is 0 Å². The highest BCUT2D eigenvalue weighted by Crippen LogP contribution is 2.18. The van der Waals surface area contributed by atoms with Crippen LogP contribution in [0.1, 0.15) is 40.5 Å². The van der Waals surface area contributed by atoms with Crippen molar-refractivity contribution in [2.24, 2.45) is 0 Å². The third-order valence-electron chi connectivity index (χ3n) is 2.87. The summed E-state index contributed by atoms with van der Waals surface area (Å²) in [7, 11) is 1.79. The van der Waals surface area contributed by atoms with Crippen LogP contribution in [0.3, 0.4) is 0 Å². The van der Waals surface area contributed by atoms with Crippen molar-refractivity contribution in [2.75, 3.05) is 13.6 Å². The van der Waals surface area contributed by atoms with Gasteiger partial charge in [0.2, 0.25) is 11.8 Å². The quantitative estimate of drug-likeness (QED) is 0.752. The van der Waals surface area contributed by atoms with E-state index >= 15 is 0 Å². The molecule has 0 heterocycles. The summed E-state index contributed by atoms with van der Waals surface area (Å²) in [5.41, 5.74) is -0.248. The van der Waals surface area contributed by atoms with E-state index in [0.29, 0.717) is 6.04 Å². The van der Waals surface area contributed by atoms with Gasteiger partial charge >= 0.3 is 0 Å². The van der Waals surface area contributed by atoms with Crippen LogP contribution in [0.25, 0.3) is 0 Å². The molecule has 0 aromatic heterocycles. The van der Waals surface area contributed by atoms with Gasteiger partial charge in [0.15, 0.2) is 0 Å². The Bertz CT molecular complexity index is 319. The Hall–Kier alpha value is -1.10. The lowest BCUT2D eigenvalue weighted by Gasteiger charge is -2.28. The average Bonchev–Trinajstić information content (AvgIpc) is 2.97. The molecule has 0 radical (unpaired) electrons. The molecule has 2 N–H and O–H groups in total. The van der Waals surface area contributed by atoms with Crippen molar-refractivity contribution in [3.05, 3.63) is 0 Å². The number of likely N-dealkylation sites (N-methyl/N-ethyl adjacent to an activating group) is 1. The predicted octanol–water partition coefficient (Wildman–Crippen LogP) is 0.500. The summed E-state index contributed by atoms with van der Waals surface area (Å²) in [4.78, 5) is 25.3. The van der Waals surface area contributed by atoms with Crippen LogP contribution in [-0.2, 0) is 9.59 Å². The summed E-state index contributed by atoms with van der Waals surface area (Å²) in [6, 6.07) is 0.0544. The van der Waals surface area contributed by atoms with Crippen molar-refractivity contribution < 1.29 is 9.59 Å². The van der Waals surface area contributed by atoms with Crippen LogP contribution in [0.2, 0.25) is 0 Å². The molecule has 1 unspecified atom stereocenters. The second kappa shape index (κ2) is 5.69. The maximum atomic E-state index is 11.9. The molecule has 0 spiro atoms. The van der Waals surface area contributed by atoms with E-state index in [-0.39, 0.29) is 29.9 Å². The van der Waals surface area contributed by atoms with Gasteiger partial charge in [0, 0.05) is 11.6 Å². The number of rotatable bonds is 5. The first kappa shape index (κ1) is 15.0. The predicted molar refractivity (Wildman–Crippen MR) is 71.2 cm³/mol. The fourth-order valence-electron chi connectivity index (χ4n) is 1.54. The van der Waals surface area contributed by atoms with Crippen LogP contribution < -0.4 is 10.6 Å². The van der Waals surface area contributed by atoms with Gasteiger partial charge in [-0.1, -0.05) is 0 Å². The third-order valence-corrected chi connectivity index (χ3v) is 2.87. The van der Waals surface area contributed by atoms with Gasteiger partial charge in [-0.05, 0) is 47.6 Å². The zero-order valence-corrected chi connectivity index (χ0v) is 12.0. The Morgan fingerprint density at radius 3 is 2.33 bits per heavy atom. The van der Waals surface area contributed by atoms with Crippen LogP contribution >= 0.6 is 0 Å². The molecule has 1 atom stereocenters. The van der Waals surface area contributed by atoms with Crippen molar-refractivity contribution >= 4 is 11.8 Å². The number of amides is 2. The Kier molecular flexibility index (Phi) is 4.73. The van der Waals surface area contributed by atoms with E-state index in [0.717, 1.165) is 12.8 Å². The van der Waals surface area contributed by atoms with Gasteiger partial charge in [0.1, 0.15) is 0 Å². The number of carbonyl (C=O) groups excluding carboxylic acids is 2. The van der Waals surface area contributed by atoms with Crippen molar-refractivity contribution in [1.29, 1.82) is 0 Å². The van der Waals surface area contributed by atoms with Gasteiger partial charge in [-0.3, -0.25) is 14.5 Å². The van der Waals surface area contributed by atoms with Gasteiger partial charge in [-0.15, -0.1) is 0 Å². The first-order chi connectivity index (χ1) is 8.19. The van der Waals surface area contributed by atoms with E-state index in [1.807, 2.05) is 27.7 Å². The fraction of sp³-hybridized carbons (Fsp3) is 0.846. The van der Waals surface area contributed by atoms with E-state index in [1.54, 1.807) is 11.9 Å². The second-order valence-electron chi connectivity index (χ2n) is 6.17. The molecule has 1 saturated carbocycles. The summed E-state index contributed by atoms with van der Waals surface area (Å²) in [5.74, 6) is -0.0559. The van der Waals surface area contributed by atoms with E-state index in [1.165, 1.54) is 0 Å². The molecule has 104 valence electrons. The van der Waals surface area contributed by atoms with Crippen molar-refractivity contribution in [2.45, 2.75) is 58.2 Å². The number of nitrogens with one attached hydrogen (secondary N) is 2. The Morgan fingerprint density at radius 2 is 1.89 bits per heavy atom. The minimum atomic E-state index is -0.311. The maximum absolute atomic E-state index is 11.9. The second-order valence-corrected chi connectivity index (χ2v) is 6.17. The molecular weight excluding hydrogens is 230 g/mol. The molecule has 2 amide bonds. The SMILES string of the molecule is CC(C(=O)NC(C)(C)C)N(C)CC(=O)NC1CC1. The lowest BCUT2D eigenvalue weighted by Crippen LogP contribution is -2.51. The summed E-state index contributed by atoms with van der Waals surface area (Å²) >= 11 is 0. The van der Waals surface area contributed by atoms with Crippen molar-refractivity contribution in [3.8, 4) is 0 Å². The minimum absolute atomic E-state index is 0.00425. The van der Waals surface area contributed by atoms with E-state index in [2.05, 4.69) is 10.6 Å². The van der Waals surface area contributed by atoms with Gasteiger partial charge in [-0.25, -0.2) is 0 Å². The summed E-state index contributed by atoms with van der Waals surface area (Å²) in [6.07, 6.45) is 2.16. The van der Waals surface area contributed by atoms with Crippen LogP contribution in [0.4, 0.5) is 0 Å². The lowest BCUT2D eigenvalue weighted by molar-refractivity contribution is -0.128. The molecule has 1 aliphatic rings. The molecule has 5 heteroatoms. The Balaban J connectivity index is 2.36. The first-order valence-electron chi connectivity index (χ1n) is 6.50. The molecule has 0 bridgehead atoms. The molecule has 0 aromatic rings. The average molecular weight is 255 g/mol. The number of carbonyl (C=O) groups is 2. The van der Waals surface area contributed by atoms with Gasteiger partial charge < -0.3 is 10.6 Å². The van der Waals surface area contributed by atoms with Crippen LogP contribution in [0.15, 0.2) is 0 Å². The highest BCUT2D eigenvalue weighted by Gasteiger charge is 2.26. The molecule has 18 heavy (non-hydrogen) atoms. The molecule has 1 rings (SSSR count). The Morgan fingerprint density at radius 1 is 1.33 bits per heavy atom. The number of nitrogens with zero attached hydrogens (tertiary/aromatic N) is 1. The lowest BCUT2D eigenvalue weighted by atomic mass is 10.1. The normalized spacial score (nSPS) is 17.4. The highest BCUT2D eigenvalue weighted by molar-refractivity contribution is 5.83. The summed E-state index contributed by atoms with van der Waals surface area (Å²) in [5, 5.41) is 5.83. The number of hydrogen-bond acceptors (Lipinski definition) is 3. The highest BCUT2D eigenvalue weighted by atomic mass is 16.2. The topological polar surface area (TPSA) is 61.4 Å². The van der Waals surface area contributed by atoms with Gasteiger partial charge in [0.25, 0.3) is 0 Å². The zero-order chi connectivity index (χ0) is 13.9. The summed E-state index contributed by atoms with van der Waals surface area (Å²) < 4.78 is 0. The minimum Gasteiger partial charge on any atom is -0.352 e. The largest absolute Gasteiger partial charge is 0.352 e. The molecule has 1 fully saturated rings. The van der Waals surface area contributed by atoms with Crippen molar-refractivity contribution in [3.63, 3.8) is 0 Å². The maximum Gasteiger partial charge on any atom is 0.237 e. The van der Waals surface area contributed by atoms with Gasteiger partial charge in [-0.2, -0.15) is 0 Å². The van der Waals surface area contributed by atoms with Gasteiger partial charge in [0.05, 0.1) is 12.6 Å². The first-order valence-corrected chi connectivity index (χ1v) is 6.50. The zero-order valence-electron chi connectivity index (χ0n) is 12.0. The number of hydrogen-bond donors (Lipinski definition) is 2. The third kappa shape index (κ3) is 5.49. The molecule has 1 aliphatic carbocycles. The molecule has 0 aliphatic heterocycles. The molecule has 0 aromatic carbocycles. The van der Waals surface area contributed by atoms with Crippen molar-refractivity contribution in [1.82, 2.24) is 15.5 Å². The van der Waals surface area contributed by atoms with E-state index in [4.69, 9.17) is 0 Å². The summed E-state index contributed by atoms with van der Waals surface area (Å²) in [6.45, 7) is 7.90. The molecule has 0 saturated heterocycles. The van der Waals surface area contributed by atoms with Crippen LogP contribution in [0.5, 0.6) is 0 Å². The smallest absolute Gasteiger partial charge is 0.237 e. The van der Waals surface area contributed by atoms with Crippen LogP contribution in [0, 0.1) is 0 Å².